The first-order valence-corrected chi connectivity index (χ1v) is 9.81. The molecule has 2 heterocycles. The maximum absolute atomic E-state index is 13.4. The van der Waals surface area contributed by atoms with E-state index >= 15 is 0 Å². The minimum Gasteiger partial charge on any atom is -0.272 e. The fourth-order valence-corrected chi connectivity index (χ4v) is 3.33. The molecule has 0 aliphatic carbocycles. The third-order valence-corrected chi connectivity index (χ3v) is 5.35. The van der Waals surface area contributed by atoms with Gasteiger partial charge in [0, 0.05) is 11.3 Å². The van der Waals surface area contributed by atoms with Gasteiger partial charge in [0.05, 0.1) is 17.1 Å². The Morgan fingerprint density at radius 1 is 1.07 bits per heavy atom. The molecule has 0 aliphatic heterocycles. The Hall–Kier alpha value is -3.45. The Balaban J connectivity index is 1.84. The van der Waals surface area contributed by atoms with Crippen LogP contribution in [-0.2, 0) is 6.54 Å². The van der Waals surface area contributed by atoms with Crippen LogP contribution in [0.2, 0.25) is 5.02 Å². The molecule has 4 rings (SSSR count). The molecule has 1 N–H and O–H groups in total. The van der Waals surface area contributed by atoms with Crippen molar-refractivity contribution in [2.45, 2.75) is 27.3 Å². The molecule has 1 amide bonds. The van der Waals surface area contributed by atoms with E-state index in [-0.39, 0.29) is 29.7 Å². The predicted octanol–water partition coefficient (Wildman–Crippen LogP) is 3.84. The number of carbonyl (C=O) groups excluding carboxylic acids is 1. The number of nitrogens with one attached hydrogen (secondary N) is 1. The second-order valence-electron chi connectivity index (χ2n) is 7.17. The van der Waals surface area contributed by atoms with Gasteiger partial charge in [-0.25, -0.2) is 4.98 Å². The molecule has 7 nitrogen and oxygen atoms in total. The number of aromatic nitrogens is 4. The molecule has 0 fully saturated rings. The largest absolute Gasteiger partial charge is 0.277 e. The number of nitrogens with zero attached hydrogens (tertiary/aromatic N) is 4. The number of carbonyl (C=O) groups is 1. The van der Waals surface area contributed by atoms with Gasteiger partial charge in [0.2, 0.25) is 5.95 Å². The lowest BCUT2D eigenvalue weighted by Crippen LogP contribution is -2.32. The molecule has 0 saturated carbocycles. The Kier molecular flexibility index (Phi) is 5.13. The number of H-pyrrole nitrogens is 1. The molecule has 2 aromatic heterocycles. The third-order valence-electron chi connectivity index (χ3n) is 5.02. The Bertz CT molecular complexity index is 1310. The molecule has 152 valence electrons. The quantitative estimate of drug-likeness (QED) is 0.542. The van der Waals surface area contributed by atoms with Crippen LogP contribution in [0.15, 0.2) is 53.3 Å². The summed E-state index contributed by atoms with van der Waals surface area (Å²) < 4.78 is 1.25. The lowest BCUT2D eigenvalue weighted by Gasteiger charge is -2.20. The number of hydrogen-bond donors (Lipinski definition) is 1. The summed E-state index contributed by atoms with van der Waals surface area (Å²) >= 11 is 6.27. The van der Waals surface area contributed by atoms with Crippen LogP contribution in [0.5, 0.6) is 0 Å². The van der Waals surface area contributed by atoms with Crippen molar-refractivity contribution < 1.29 is 4.79 Å². The number of aromatic amines is 1. The number of fused-ring (bicyclic) bond motifs is 1. The van der Waals surface area contributed by atoms with Crippen molar-refractivity contribution in [3.63, 3.8) is 0 Å². The highest BCUT2D eigenvalue weighted by atomic mass is 35.5. The Morgan fingerprint density at radius 3 is 2.47 bits per heavy atom. The average molecular weight is 422 g/mol. The molecule has 0 spiro atoms. The highest BCUT2D eigenvalue weighted by Crippen LogP contribution is 2.22. The Labute approximate surface area is 178 Å². The Morgan fingerprint density at radius 2 is 1.77 bits per heavy atom. The first-order valence-electron chi connectivity index (χ1n) is 9.43. The van der Waals surface area contributed by atoms with Gasteiger partial charge in [-0.1, -0.05) is 53.6 Å². The molecular weight excluding hydrogens is 402 g/mol. The minimum atomic E-state index is -0.332. The molecule has 0 radical (unpaired) electrons. The number of rotatable bonds is 4. The zero-order valence-corrected chi connectivity index (χ0v) is 17.6. The summed E-state index contributed by atoms with van der Waals surface area (Å²) in [6.45, 7) is 5.70. The normalized spacial score (nSPS) is 11.1. The molecule has 0 saturated heterocycles. The number of halogens is 1. The summed E-state index contributed by atoms with van der Waals surface area (Å²) in [4.78, 5) is 36.3. The zero-order valence-electron chi connectivity index (χ0n) is 16.8. The topological polar surface area (TPSA) is 83.4 Å². The van der Waals surface area contributed by atoms with E-state index in [1.807, 2.05) is 31.2 Å². The molecule has 8 heteroatoms. The van der Waals surface area contributed by atoms with Gasteiger partial charge in [-0.2, -0.15) is 9.50 Å². The molecule has 30 heavy (non-hydrogen) atoms. The van der Waals surface area contributed by atoms with Crippen LogP contribution >= 0.6 is 11.6 Å². The maximum Gasteiger partial charge on any atom is 0.277 e. The van der Waals surface area contributed by atoms with Gasteiger partial charge in [-0.05, 0) is 38.5 Å². The van der Waals surface area contributed by atoms with Gasteiger partial charge >= 0.3 is 0 Å². The van der Waals surface area contributed by atoms with Crippen molar-refractivity contribution in [3.8, 4) is 0 Å². The maximum atomic E-state index is 13.4. The summed E-state index contributed by atoms with van der Waals surface area (Å²) in [5, 5.41) is 3.27. The van der Waals surface area contributed by atoms with Gasteiger partial charge < -0.3 is 0 Å². The van der Waals surface area contributed by atoms with Gasteiger partial charge in [0.1, 0.15) is 0 Å². The molecule has 0 atom stereocenters. The lowest BCUT2D eigenvalue weighted by molar-refractivity contribution is 0.0983. The van der Waals surface area contributed by atoms with E-state index in [0.717, 1.165) is 11.1 Å². The van der Waals surface area contributed by atoms with E-state index in [4.69, 9.17) is 11.6 Å². The molecular formula is C22H20ClN5O2. The fraction of sp³-hybridized carbons (Fsp3) is 0.182. The van der Waals surface area contributed by atoms with Crippen LogP contribution in [0, 0.1) is 20.8 Å². The predicted molar refractivity (Wildman–Crippen MR) is 116 cm³/mol. The van der Waals surface area contributed by atoms with Crippen molar-refractivity contribution in [2.24, 2.45) is 0 Å². The van der Waals surface area contributed by atoms with Crippen LogP contribution in [0.1, 0.15) is 32.7 Å². The van der Waals surface area contributed by atoms with E-state index in [0.29, 0.717) is 21.8 Å². The molecule has 2 aromatic carbocycles. The average Bonchev–Trinajstić information content (AvgIpc) is 3.15. The van der Waals surface area contributed by atoms with Gasteiger partial charge in [0.25, 0.3) is 17.2 Å². The summed E-state index contributed by atoms with van der Waals surface area (Å²) in [6, 6.07) is 14.7. The highest BCUT2D eigenvalue weighted by Gasteiger charge is 2.24. The highest BCUT2D eigenvalue weighted by molar-refractivity contribution is 6.34. The van der Waals surface area contributed by atoms with Crippen LogP contribution < -0.4 is 10.5 Å². The van der Waals surface area contributed by atoms with Crippen molar-refractivity contribution >= 4 is 29.2 Å². The summed E-state index contributed by atoms with van der Waals surface area (Å²) in [7, 11) is 0. The molecule has 0 aliphatic rings. The van der Waals surface area contributed by atoms with Crippen LogP contribution in [0.4, 0.5) is 5.95 Å². The van der Waals surface area contributed by atoms with Crippen molar-refractivity contribution in [3.05, 3.63) is 91.9 Å². The van der Waals surface area contributed by atoms with E-state index in [2.05, 4.69) is 15.1 Å². The lowest BCUT2D eigenvalue weighted by atomic mass is 10.1. The summed E-state index contributed by atoms with van der Waals surface area (Å²) in [5.74, 6) is 0.0933. The zero-order chi connectivity index (χ0) is 21.4. The standard InChI is InChI=1S/C22H20ClN5O2/c1-13-8-10-16(11-9-13)12-27(20(30)17-6-4-5-7-18(17)23)22-25-21-24-15(3)14(2)19(29)28(21)26-22/h4-11H,12H2,1-3H3,(H,24,25,26). The number of anilines is 1. The smallest absolute Gasteiger partial charge is 0.272 e. The van der Waals surface area contributed by atoms with Crippen molar-refractivity contribution in [1.82, 2.24) is 19.6 Å². The van der Waals surface area contributed by atoms with Crippen LogP contribution in [-0.4, -0.2) is 25.5 Å². The number of benzene rings is 2. The number of aryl methyl sites for hydroxylation is 2. The van der Waals surface area contributed by atoms with Crippen molar-refractivity contribution in [1.29, 1.82) is 0 Å². The second-order valence-corrected chi connectivity index (χ2v) is 7.57. The van der Waals surface area contributed by atoms with Crippen molar-refractivity contribution in [2.75, 3.05) is 4.90 Å². The van der Waals surface area contributed by atoms with Gasteiger partial charge in [-0.3, -0.25) is 19.6 Å². The minimum absolute atomic E-state index is 0.207. The number of hydrogen-bond acceptors (Lipinski definition) is 4. The van der Waals surface area contributed by atoms with Crippen LogP contribution in [0.25, 0.3) is 5.78 Å². The fourth-order valence-electron chi connectivity index (χ4n) is 3.11. The van der Waals surface area contributed by atoms with E-state index in [1.54, 1.807) is 38.1 Å². The monoisotopic (exact) mass is 421 g/mol. The SMILES string of the molecule is Cc1ccc(CN(C(=O)c2ccccc2Cl)c2nc3nc(C)c(C)c(=O)n3[nH]2)cc1. The number of amides is 1. The van der Waals surface area contributed by atoms with Gasteiger partial charge in [0.15, 0.2) is 0 Å². The summed E-state index contributed by atoms with van der Waals surface area (Å²) in [5.41, 5.74) is 3.24. The molecule has 0 unspecified atom stereocenters. The first kappa shape index (κ1) is 19.8. The molecule has 4 aromatic rings. The second kappa shape index (κ2) is 7.76. The first-order chi connectivity index (χ1) is 14.3. The third kappa shape index (κ3) is 3.59. The van der Waals surface area contributed by atoms with Gasteiger partial charge in [-0.15, -0.1) is 0 Å². The summed E-state index contributed by atoms with van der Waals surface area (Å²) in [6.07, 6.45) is 0. The van der Waals surface area contributed by atoms with E-state index in [1.165, 1.54) is 9.42 Å². The van der Waals surface area contributed by atoms with E-state index < -0.39 is 0 Å². The molecule has 0 bridgehead atoms. The van der Waals surface area contributed by atoms with E-state index in [9.17, 15) is 9.59 Å². The van der Waals surface area contributed by atoms with Crippen LogP contribution in [0.3, 0.4) is 0 Å².